The van der Waals surface area contributed by atoms with E-state index in [9.17, 15) is 0 Å². The highest BCUT2D eigenvalue weighted by molar-refractivity contribution is 6.32. The summed E-state index contributed by atoms with van der Waals surface area (Å²) in [5.41, 5.74) is 1.18. The lowest BCUT2D eigenvalue weighted by Gasteiger charge is -2.29. The van der Waals surface area contributed by atoms with E-state index in [-0.39, 0.29) is 6.10 Å². The van der Waals surface area contributed by atoms with Gasteiger partial charge in [0, 0.05) is 26.1 Å². The maximum Gasteiger partial charge on any atom is 0.138 e. The van der Waals surface area contributed by atoms with Gasteiger partial charge in [0.15, 0.2) is 0 Å². The quantitative estimate of drug-likeness (QED) is 0.855. The lowest BCUT2D eigenvalue weighted by atomic mass is 9.95. The second kappa shape index (κ2) is 8.02. The average molecular weight is 312 g/mol. The number of nitrogens with one attached hydrogen (secondary N) is 1. The summed E-state index contributed by atoms with van der Waals surface area (Å²) >= 11 is 6.35. The van der Waals surface area contributed by atoms with Crippen LogP contribution in [0.3, 0.4) is 0 Å². The van der Waals surface area contributed by atoms with E-state index in [0.717, 1.165) is 38.0 Å². The Balaban J connectivity index is 1.94. The molecule has 1 fully saturated rings. The zero-order valence-electron chi connectivity index (χ0n) is 13.2. The molecular formula is C17H26ClNO2. The third kappa shape index (κ3) is 5.17. The van der Waals surface area contributed by atoms with Gasteiger partial charge in [-0.05, 0) is 37.0 Å². The number of benzene rings is 1. The van der Waals surface area contributed by atoms with Crippen molar-refractivity contribution in [2.75, 3.05) is 7.11 Å². The Morgan fingerprint density at radius 3 is 2.71 bits per heavy atom. The van der Waals surface area contributed by atoms with E-state index in [1.165, 1.54) is 5.56 Å². The number of hydrogen-bond donors (Lipinski definition) is 1. The van der Waals surface area contributed by atoms with Gasteiger partial charge in [0.2, 0.25) is 0 Å². The van der Waals surface area contributed by atoms with Gasteiger partial charge in [-0.2, -0.15) is 0 Å². The molecule has 1 aliphatic carbocycles. The predicted molar refractivity (Wildman–Crippen MR) is 87.1 cm³/mol. The molecule has 0 radical (unpaired) electrons. The third-order valence-electron chi connectivity index (χ3n) is 3.92. The molecule has 0 bridgehead atoms. The Morgan fingerprint density at radius 1 is 1.29 bits per heavy atom. The van der Waals surface area contributed by atoms with E-state index in [1.54, 1.807) is 7.11 Å². The summed E-state index contributed by atoms with van der Waals surface area (Å²) < 4.78 is 11.5. The maximum atomic E-state index is 6.35. The van der Waals surface area contributed by atoms with Crippen molar-refractivity contribution in [2.24, 2.45) is 0 Å². The Hall–Kier alpha value is -0.770. The van der Waals surface area contributed by atoms with Crippen LogP contribution in [0.15, 0.2) is 18.2 Å². The van der Waals surface area contributed by atoms with Crippen LogP contribution in [-0.4, -0.2) is 25.4 Å². The molecular weight excluding hydrogens is 286 g/mol. The van der Waals surface area contributed by atoms with Crippen molar-refractivity contribution >= 4 is 11.6 Å². The van der Waals surface area contributed by atoms with Gasteiger partial charge >= 0.3 is 0 Å². The molecule has 0 aliphatic heterocycles. The van der Waals surface area contributed by atoms with E-state index in [2.05, 4.69) is 25.2 Å². The monoisotopic (exact) mass is 311 g/mol. The largest absolute Gasteiger partial charge is 0.489 e. The predicted octanol–water partition coefficient (Wildman–Crippen LogP) is 4.17. The van der Waals surface area contributed by atoms with Gasteiger partial charge in [0.05, 0.1) is 11.1 Å². The molecule has 0 heterocycles. The third-order valence-corrected chi connectivity index (χ3v) is 4.21. The van der Waals surface area contributed by atoms with Crippen LogP contribution in [0.25, 0.3) is 0 Å². The molecule has 1 aliphatic rings. The fourth-order valence-electron chi connectivity index (χ4n) is 2.67. The summed E-state index contributed by atoms with van der Waals surface area (Å²) in [7, 11) is 1.77. The SMILES string of the molecule is COC1CCCC(Oc2ccc(CNC(C)C)cc2Cl)C1. The number of halogens is 1. The summed E-state index contributed by atoms with van der Waals surface area (Å²) in [6.07, 6.45) is 4.83. The van der Waals surface area contributed by atoms with Crippen LogP contribution in [-0.2, 0) is 11.3 Å². The van der Waals surface area contributed by atoms with E-state index in [4.69, 9.17) is 21.1 Å². The average Bonchev–Trinajstić information content (AvgIpc) is 2.48. The maximum absolute atomic E-state index is 6.35. The van der Waals surface area contributed by atoms with Gasteiger partial charge in [-0.15, -0.1) is 0 Å². The molecule has 2 atom stereocenters. The molecule has 1 aromatic carbocycles. The van der Waals surface area contributed by atoms with Crippen molar-refractivity contribution < 1.29 is 9.47 Å². The number of rotatable bonds is 6. The van der Waals surface area contributed by atoms with Crippen LogP contribution in [0.2, 0.25) is 5.02 Å². The van der Waals surface area contributed by atoms with Crippen molar-refractivity contribution in [3.63, 3.8) is 0 Å². The van der Waals surface area contributed by atoms with Crippen LogP contribution >= 0.6 is 11.6 Å². The molecule has 21 heavy (non-hydrogen) atoms. The van der Waals surface area contributed by atoms with E-state index < -0.39 is 0 Å². The fourth-order valence-corrected chi connectivity index (χ4v) is 2.92. The molecule has 118 valence electrons. The van der Waals surface area contributed by atoms with Crippen LogP contribution in [0.4, 0.5) is 0 Å². The van der Waals surface area contributed by atoms with Crippen LogP contribution in [0.1, 0.15) is 45.1 Å². The molecule has 3 nitrogen and oxygen atoms in total. The molecule has 1 saturated carbocycles. The molecule has 0 amide bonds. The Labute approximate surface area is 133 Å². The highest BCUT2D eigenvalue weighted by Gasteiger charge is 2.23. The Morgan fingerprint density at radius 2 is 2.05 bits per heavy atom. The van der Waals surface area contributed by atoms with Crippen molar-refractivity contribution in [1.82, 2.24) is 5.32 Å². The van der Waals surface area contributed by atoms with Crippen LogP contribution < -0.4 is 10.1 Å². The smallest absolute Gasteiger partial charge is 0.138 e. The molecule has 1 aromatic rings. The zero-order chi connectivity index (χ0) is 15.2. The summed E-state index contributed by atoms with van der Waals surface area (Å²) in [6.45, 7) is 5.09. The normalized spacial score (nSPS) is 22.5. The van der Waals surface area contributed by atoms with Gasteiger partial charge in [-0.25, -0.2) is 0 Å². The first-order chi connectivity index (χ1) is 10.1. The standard InChI is InChI=1S/C17H26ClNO2/c1-12(2)19-11-13-7-8-17(16(18)9-13)21-15-6-4-5-14(10-15)20-3/h7-9,12,14-15,19H,4-6,10-11H2,1-3H3. The van der Waals surface area contributed by atoms with Crippen LogP contribution in [0.5, 0.6) is 5.75 Å². The highest BCUT2D eigenvalue weighted by atomic mass is 35.5. The minimum Gasteiger partial charge on any atom is -0.489 e. The van der Waals surface area contributed by atoms with Gasteiger partial charge in [-0.1, -0.05) is 31.5 Å². The summed E-state index contributed by atoms with van der Waals surface area (Å²) in [6, 6.07) is 6.51. The minimum atomic E-state index is 0.209. The molecule has 0 spiro atoms. The van der Waals surface area contributed by atoms with E-state index >= 15 is 0 Å². The molecule has 0 aromatic heterocycles. The van der Waals surface area contributed by atoms with Gasteiger partial charge in [0.25, 0.3) is 0 Å². The number of ether oxygens (including phenoxy) is 2. The Kier molecular flexibility index (Phi) is 6.34. The van der Waals surface area contributed by atoms with Gasteiger partial charge < -0.3 is 14.8 Å². The molecule has 0 saturated heterocycles. The van der Waals surface area contributed by atoms with E-state index in [0.29, 0.717) is 17.2 Å². The zero-order valence-corrected chi connectivity index (χ0v) is 14.0. The van der Waals surface area contributed by atoms with Crippen molar-refractivity contribution in [3.05, 3.63) is 28.8 Å². The highest BCUT2D eigenvalue weighted by Crippen LogP contribution is 2.30. The second-order valence-electron chi connectivity index (χ2n) is 6.06. The first-order valence-corrected chi connectivity index (χ1v) is 8.17. The first kappa shape index (κ1) is 16.6. The second-order valence-corrected chi connectivity index (χ2v) is 6.47. The molecule has 2 unspecified atom stereocenters. The number of methoxy groups -OCH3 is 1. The topological polar surface area (TPSA) is 30.5 Å². The summed E-state index contributed by atoms with van der Waals surface area (Å²) in [5, 5.41) is 4.08. The minimum absolute atomic E-state index is 0.209. The Bertz CT molecular complexity index is 450. The first-order valence-electron chi connectivity index (χ1n) is 7.79. The lowest BCUT2D eigenvalue weighted by molar-refractivity contribution is 0.0210. The van der Waals surface area contributed by atoms with Gasteiger partial charge in [-0.3, -0.25) is 0 Å². The lowest BCUT2D eigenvalue weighted by Crippen LogP contribution is -2.29. The molecule has 4 heteroatoms. The fraction of sp³-hybridized carbons (Fsp3) is 0.647. The summed E-state index contributed by atoms with van der Waals surface area (Å²) in [5.74, 6) is 0.784. The van der Waals surface area contributed by atoms with Crippen molar-refractivity contribution in [1.29, 1.82) is 0 Å². The number of hydrogen-bond acceptors (Lipinski definition) is 3. The molecule has 1 N–H and O–H groups in total. The molecule has 2 rings (SSSR count). The van der Waals surface area contributed by atoms with Crippen molar-refractivity contribution in [2.45, 2.75) is 64.3 Å². The van der Waals surface area contributed by atoms with Crippen LogP contribution in [0, 0.1) is 0 Å². The van der Waals surface area contributed by atoms with Crippen molar-refractivity contribution in [3.8, 4) is 5.75 Å². The summed E-state index contributed by atoms with van der Waals surface area (Å²) in [4.78, 5) is 0. The van der Waals surface area contributed by atoms with Gasteiger partial charge in [0.1, 0.15) is 11.9 Å². The van der Waals surface area contributed by atoms with E-state index in [1.807, 2.05) is 12.1 Å².